The third kappa shape index (κ3) is 2.70. The first-order valence-corrected chi connectivity index (χ1v) is 7.76. The quantitative estimate of drug-likeness (QED) is 0.893. The molecule has 0 saturated heterocycles. The van der Waals surface area contributed by atoms with E-state index in [1.807, 2.05) is 0 Å². The first kappa shape index (κ1) is 16.0. The molecule has 0 bridgehead atoms. The summed E-state index contributed by atoms with van der Waals surface area (Å²) < 4.78 is 13.8. The molecular weight excluding hydrogens is 265 g/mol. The summed E-state index contributed by atoms with van der Waals surface area (Å²) in [5.41, 5.74) is -1.09. The van der Waals surface area contributed by atoms with Crippen LogP contribution in [-0.4, -0.2) is 5.11 Å². The molecule has 0 spiro atoms. The second-order valence-electron chi connectivity index (χ2n) is 6.58. The van der Waals surface area contributed by atoms with E-state index in [2.05, 4.69) is 13.0 Å². The number of hydrogen-bond acceptors (Lipinski definition) is 2. The number of nitriles is 1. The van der Waals surface area contributed by atoms with E-state index < -0.39 is 11.0 Å². The van der Waals surface area contributed by atoms with Gasteiger partial charge in [-0.3, -0.25) is 0 Å². The van der Waals surface area contributed by atoms with Crippen molar-refractivity contribution in [2.24, 2.45) is 11.3 Å². The van der Waals surface area contributed by atoms with Gasteiger partial charge in [-0.25, -0.2) is 4.39 Å². The average Bonchev–Trinajstić information content (AvgIpc) is 2.49. The molecular formula is C18H24FNO. The Labute approximate surface area is 126 Å². The van der Waals surface area contributed by atoms with Gasteiger partial charge in [0, 0.05) is 0 Å². The molecule has 0 amide bonds. The first-order chi connectivity index (χ1) is 9.86. The van der Waals surface area contributed by atoms with Crippen molar-refractivity contribution in [1.82, 2.24) is 0 Å². The van der Waals surface area contributed by atoms with Crippen LogP contribution in [0.3, 0.4) is 0 Å². The van der Waals surface area contributed by atoms with Crippen molar-refractivity contribution in [3.63, 3.8) is 0 Å². The summed E-state index contributed by atoms with van der Waals surface area (Å²) in [5, 5.41) is 20.8. The predicted molar refractivity (Wildman–Crippen MR) is 81.0 cm³/mol. The molecule has 2 rings (SSSR count). The van der Waals surface area contributed by atoms with Gasteiger partial charge in [0.25, 0.3) is 0 Å². The fraction of sp³-hybridized carbons (Fsp3) is 0.611. The maximum atomic E-state index is 13.8. The summed E-state index contributed by atoms with van der Waals surface area (Å²) in [6.45, 7) is 5.52. The normalized spacial score (nSPS) is 28.7. The minimum absolute atomic E-state index is 0.330. The van der Waals surface area contributed by atoms with E-state index in [1.165, 1.54) is 6.07 Å². The molecule has 0 heterocycles. The summed E-state index contributed by atoms with van der Waals surface area (Å²) in [5.74, 6) is 0.306. The zero-order chi connectivity index (χ0) is 15.7. The highest BCUT2D eigenvalue weighted by atomic mass is 19.1. The molecule has 21 heavy (non-hydrogen) atoms. The van der Waals surface area contributed by atoms with Crippen LogP contribution in [0, 0.1) is 35.4 Å². The lowest BCUT2D eigenvalue weighted by Gasteiger charge is -2.45. The van der Waals surface area contributed by atoms with E-state index in [1.54, 1.807) is 26.0 Å². The van der Waals surface area contributed by atoms with E-state index in [4.69, 9.17) is 0 Å². The Kier molecular flexibility index (Phi) is 4.39. The second kappa shape index (κ2) is 5.77. The number of rotatable bonds is 3. The molecule has 1 aromatic carbocycles. The second-order valence-corrected chi connectivity index (χ2v) is 6.58. The maximum absolute atomic E-state index is 13.8. The van der Waals surface area contributed by atoms with Crippen LogP contribution in [-0.2, 0) is 5.60 Å². The third-order valence-electron chi connectivity index (χ3n) is 5.42. The van der Waals surface area contributed by atoms with Gasteiger partial charge < -0.3 is 5.11 Å². The fourth-order valence-electron chi connectivity index (χ4n) is 3.46. The Balaban J connectivity index is 2.36. The molecule has 2 nitrogen and oxygen atoms in total. The summed E-state index contributed by atoms with van der Waals surface area (Å²) in [7, 11) is 0. The lowest BCUT2D eigenvalue weighted by atomic mass is 9.60. The van der Waals surface area contributed by atoms with Crippen molar-refractivity contribution in [3.05, 3.63) is 35.1 Å². The van der Waals surface area contributed by atoms with Crippen LogP contribution in [0.4, 0.5) is 4.39 Å². The summed E-state index contributed by atoms with van der Waals surface area (Å²) in [4.78, 5) is 0. The molecule has 1 saturated carbocycles. The van der Waals surface area contributed by atoms with Gasteiger partial charge in [0.05, 0.1) is 11.5 Å². The molecule has 1 aliphatic rings. The Morgan fingerprint density at radius 3 is 2.52 bits per heavy atom. The Morgan fingerprint density at radius 1 is 1.43 bits per heavy atom. The molecule has 3 heteroatoms. The van der Waals surface area contributed by atoms with Crippen LogP contribution >= 0.6 is 0 Å². The number of benzene rings is 1. The summed E-state index contributed by atoms with van der Waals surface area (Å²) in [6.07, 6.45) is 4.36. The molecule has 0 aliphatic heterocycles. The molecule has 0 aromatic heterocycles. The van der Waals surface area contributed by atoms with Crippen molar-refractivity contribution in [3.8, 4) is 6.07 Å². The van der Waals surface area contributed by atoms with E-state index in [0.717, 1.165) is 19.3 Å². The van der Waals surface area contributed by atoms with Gasteiger partial charge >= 0.3 is 0 Å². The molecule has 1 atom stereocenters. The van der Waals surface area contributed by atoms with Crippen molar-refractivity contribution in [1.29, 1.82) is 5.26 Å². The number of nitrogens with zero attached hydrogens (tertiary/aromatic N) is 1. The monoisotopic (exact) mass is 289 g/mol. The molecule has 1 unspecified atom stereocenters. The number of halogens is 1. The van der Waals surface area contributed by atoms with E-state index >= 15 is 0 Å². The Bertz CT molecular complexity index is 551. The van der Waals surface area contributed by atoms with Gasteiger partial charge in [-0.2, -0.15) is 5.26 Å². The van der Waals surface area contributed by atoms with Gasteiger partial charge in [0.2, 0.25) is 0 Å². The lowest BCUT2D eigenvalue weighted by molar-refractivity contribution is -0.0699. The van der Waals surface area contributed by atoms with Crippen molar-refractivity contribution >= 4 is 0 Å². The topological polar surface area (TPSA) is 44.0 Å². The van der Waals surface area contributed by atoms with Crippen LogP contribution in [0.2, 0.25) is 0 Å². The minimum Gasteiger partial charge on any atom is -0.384 e. The number of hydrogen-bond donors (Lipinski definition) is 1. The van der Waals surface area contributed by atoms with Crippen LogP contribution in [0.15, 0.2) is 18.2 Å². The molecule has 0 radical (unpaired) electrons. The largest absolute Gasteiger partial charge is 0.384 e. The third-order valence-corrected chi connectivity index (χ3v) is 5.42. The van der Waals surface area contributed by atoms with Crippen molar-refractivity contribution < 1.29 is 9.50 Å². The van der Waals surface area contributed by atoms with Crippen molar-refractivity contribution in [2.75, 3.05) is 0 Å². The zero-order valence-corrected chi connectivity index (χ0v) is 13.1. The van der Waals surface area contributed by atoms with Crippen LogP contribution in [0.5, 0.6) is 0 Å². The standard InChI is InChI=1S/C18H24FNO/c1-4-14-7-9-18(12-20,10-8-14)17(3,21)15-6-5-13(2)16(19)11-15/h5-6,11,14,21H,4,7-10H2,1-3H3. The predicted octanol–water partition coefficient (Wildman–Crippen LogP) is 4.45. The highest BCUT2D eigenvalue weighted by Crippen LogP contribution is 2.51. The van der Waals surface area contributed by atoms with Crippen LogP contribution in [0.1, 0.15) is 57.1 Å². The van der Waals surface area contributed by atoms with Gasteiger partial charge in [-0.15, -0.1) is 0 Å². The zero-order valence-electron chi connectivity index (χ0n) is 13.1. The van der Waals surface area contributed by atoms with E-state index in [9.17, 15) is 14.8 Å². The van der Waals surface area contributed by atoms with Crippen molar-refractivity contribution in [2.45, 2.75) is 58.5 Å². The molecule has 1 aromatic rings. The Hall–Kier alpha value is -1.40. The lowest BCUT2D eigenvalue weighted by Crippen LogP contribution is -2.45. The van der Waals surface area contributed by atoms with Crippen LogP contribution in [0.25, 0.3) is 0 Å². The van der Waals surface area contributed by atoms with Gasteiger partial charge in [-0.05, 0) is 62.6 Å². The van der Waals surface area contributed by atoms with Crippen LogP contribution < -0.4 is 0 Å². The maximum Gasteiger partial charge on any atom is 0.126 e. The highest BCUT2D eigenvalue weighted by molar-refractivity contribution is 5.32. The molecule has 114 valence electrons. The van der Waals surface area contributed by atoms with E-state index in [0.29, 0.717) is 29.9 Å². The first-order valence-electron chi connectivity index (χ1n) is 7.76. The molecule has 1 aliphatic carbocycles. The Morgan fingerprint density at radius 2 is 2.05 bits per heavy atom. The van der Waals surface area contributed by atoms with E-state index in [-0.39, 0.29) is 5.82 Å². The minimum atomic E-state index is -1.32. The fourth-order valence-corrected chi connectivity index (χ4v) is 3.46. The van der Waals surface area contributed by atoms with Gasteiger partial charge in [-0.1, -0.05) is 25.5 Å². The molecule has 1 fully saturated rings. The van der Waals surface area contributed by atoms with Gasteiger partial charge in [0.1, 0.15) is 11.4 Å². The number of aliphatic hydroxyl groups is 1. The number of aryl methyl sites for hydroxylation is 1. The highest BCUT2D eigenvalue weighted by Gasteiger charge is 2.50. The summed E-state index contributed by atoms with van der Waals surface area (Å²) >= 11 is 0. The van der Waals surface area contributed by atoms with Gasteiger partial charge in [0.15, 0.2) is 0 Å². The smallest absolute Gasteiger partial charge is 0.126 e. The summed E-state index contributed by atoms with van der Waals surface area (Å²) in [6, 6.07) is 7.15. The SMILES string of the molecule is CCC1CCC(C#N)(C(C)(O)c2ccc(C)c(F)c2)CC1. The molecule has 1 N–H and O–H groups in total. The average molecular weight is 289 g/mol.